The Kier molecular flexibility index (Phi) is 4.71. The minimum atomic E-state index is -0.248. The highest BCUT2D eigenvalue weighted by Crippen LogP contribution is 2.36. The topological polar surface area (TPSA) is 52.6 Å². The largest absolute Gasteiger partial charge is 0.393 e. The first-order chi connectivity index (χ1) is 9.00. The Bertz CT molecular complexity index is 303. The highest BCUT2D eigenvalue weighted by atomic mass is 16.3. The molecule has 2 amide bonds. The van der Waals surface area contributed by atoms with Gasteiger partial charge in [-0.2, -0.15) is 0 Å². The van der Waals surface area contributed by atoms with Gasteiger partial charge in [-0.1, -0.05) is 19.8 Å². The molecule has 2 aliphatic rings. The van der Waals surface area contributed by atoms with E-state index in [1.54, 1.807) is 0 Å². The zero-order valence-electron chi connectivity index (χ0n) is 12.3. The maximum absolute atomic E-state index is 12.1. The fourth-order valence-electron chi connectivity index (χ4n) is 3.39. The summed E-state index contributed by atoms with van der Waals surface area (Å²) in [6.07, 6.45) is 6.65. The second-order valence-corrected chi connectivity index (χ2v) is 6.74. The van der Waals surface area contributed by atoms with Crippen LogP contribution in [0.5, 0.6) is 0 Å². The van der Waals surface area contributed by atoms with Crippen molar-refractivity contribution in [1.82, 2.24) is 10.2 Å². The summed E-state index contributed by atoms with van der Waals surface area (Å²) in [5, 5.41) is 12.7. The van der Waals surface area contributed by atoms with Crippen molar-refractivity contribution in [2.24, 2.45) is 11.3 Å². The third-order valence-corrected chi connectivity index (χ3v) is 4.99. The number of hydrogen-bond donors (Lipinski definition) is 2. The van der Waals surface area contributed by atoms with E-state index < -0.39 is 0 Å². The van der Waals surface area contributed by atoms with E-state index in [0.29, 0.717) is 11.3 Å². The zero-order chi connectivity index (χ0) is 13.9. The second-order valence-electron chi connectivity index (χ2n) is 6.74. The Morgan fingerprint density at radius 2 is 1.95 bits per heavy atom. The molecule has 1 unspecified atom stereocenters. The molecule has 0 aromatic heterocycles. The molecule has 110 valence electrons. The first-order valence-electron chi connectivity index (χ1n) is 7.71. The molecule has 1 saturated heterocycles. The SMILES string of the molecule is CC(O)C1CCN(C(=O)NCC2(C)CCCC2)CC1. The van der Waals surface area contributed by atoms with Crippen LogP contribution >= 0.6 is 0 Å². The zero-order valence-corrected chi connectivity index (χ0v) is 12.3. The standard InChI is InChI=1S/C15H28N2O2/c1-12(18)13-5-9-17(10-6-13)14(19)16-11-15(2)7-3-4-8-15/h12-13,18H,3-11H2,1-2H3,(H,16,19). The first-order valence-corrected chi connectivity index (χ1v) is 7.71. The van der Waals surface area contributed by atoms with Crippen LogP contribution in [-0.2, 0) is 0 Å². The van der Waals surface area contributed by atoms with Crippen molar-refractivity contribution >= 4 is 6.03 Å². The summed E-state index contributed by atoms with van der Waals surface area (Å²) in [6.45, 7) is 6.49. The maximum atomic E-state index is 12.1. The van der Waals surface area contributed by atoms with Crippen LogP contribution in [0.3, 0.4) is 0 Å². The number of carbonyl (C=O) groups excluding carboxylic acids is 1. The smallest absolute Gasteiger partial charge is 0.317 e. The van der Waals surface area contributed by atoms with Gasteiger partial charge in [-0.05, 0) is 43.9 Å². The van der Waals surface area contributed by atoms with Gasteiger partial charge in [0.25, 0.3) is 0 Å². The molecule has 4 nitrogen and oxygen atoms in total. The molecule has 1 aliphatic carbocycles. The summed E-state index contributed by atoms with van der Waals surface area (Å²) in [5.41, 5.74) is 0.313. The minimum Gasteiger partial charge on any atom is -0.393 e. The molecule has 1 atom stereocenters. The Hall–Kier alpha value is -0.770. The van der Waals surface area contributed by atoms with Gasteiger partial charge in [-0.15, -0.1) is 0 Å². The van der Waals surface area contributed by atoms with Crippen LogP contribution in [0.1, 0.15) is 52.4 Å². The molecule has 2 rings (SSSR count). The van der Waals surface area contributed by atoms with E-state index in [1.807, 2.05) is 11.8 Å². The summed E-state index contributed by atoms with van der Waals surface area (Å²) in [6, 6.07) is 0.0807. The van der Waals surface area contributed by atoms with Gasteiger partial charge in [-0.3, -0.25) is 0 Å². The summed E-state index contributed by atoms with van der Waals surface area (Å²) in [4.78, 5) is 14.0. The monoisotopic (exact) mass is 268 g/mol. The highest BCUT2D eigenvalue weighted by molar-refractivity contribution is 5.74. The molecule has 19 heavy (non-hydrogen) atoms. The van der Waals surface area contributed by atoms with E-state index in [4.69, 9.17) is 0 Å². The molecule has 0 spiro atoms. The van der Waals surface area contributed by atoms with Crippen LogP contribution in [0.15, 0.2) is 0 Å². The highest BCUT2D eigenvalue weighted by Gasteiger charge is 2.30. The molecule has 4 heteroatoms. The minimum absolute atomic E-state index is 0.0807. The quantitative estimate of drug-likeness (QED) is 0.825. The number of hydrogen-bond acceptors (Lipinski definition) is 2. The molecule has 0 radical (unpaired) electrons. The summed E-state index contributed by atoms with van der Waals surface area (Å²) >= 11 is 0. The number of amides is 2. The molecule has 0 aromatic rings. The lowest BCUT2D eigenvalue weighted by Gasteiger charge is -2.34. The van der Waals surface area contributed by atoms with Gasteiger partial charge in [0, 0.05) is 19.6 Å². The number of piperidine rings is 1. The Labute approximate surface area is 116 Å². The van der Waals surface area contributed by atoms with Gasteiger partial charge in [0.15, 0.2) is 0 Å². The Morgan fingerprint density at radius 1 is 1.37 bits per heavy atom. The number of nitrogens with zero attached hydrogens (tertiary/aromatic N) is 1. The van der Waals surface area contributed by atoms with Crippen LogP contribution in [0.2, 0.25) is 0 Å². The number of likely N-dealkylation sites (tertiary alicyclic amines) is 1. The lowest BCUT2D eigenvalue weighted by molar-refractivity contribution is 0.0793. The number of rotatable bonds is 3. The van der Waals surface area contributed by atoms with E-state index in [-0.39, 0.29) is 12.1 Å². The van der Waals surface area contributed by atoms with Crippen molar-refractivity contribution in [2.45, 2.75) is 58.5 Å². The number of carbonyl (C=O) groups is 1. The van der Waals surface area contributed by atoms with E-state index in [2.05, 4.69) is 12.2 Å². The number of aliphatic hydroxyl groups excluding tert-OH is 1. The predicted octanol–water partition coefficient (Wildman–Crippen LogP) is 2.37. The van der Waals surface area contributed by atoms with Crippen molar-refractivity contribution in [2.75, 3.05) is 19.6 Å². The summed E-state index contributed by atoms with van der Waals surface area (Å²) in [7, 11) is 0. The van der Waals surface area contributed by atoms with Gasteiger partial charge in [0.2, 0.25) is 0 Å². The van der Waals surface area contributed by atoms with Crippen molar-refractivity contribution in [3.8, 4) is 0 Å². The molecule has 2 fully saturated rings. The molecule has 1 aliphatic heterocycles. The van der Waals surface area contributed by atoms with Gasteiger partial charge >= 0.3 is 6.03 Å². The van der Waals surface area contributed by atoms with Crippen LogP contribution in [-0.4, -0.2) is 41.8 Å². The molecule has 2 N–H and O–H groups in total. The Balaban J connectivity index is 1.72. The van der Waals surface area contributed by atoms with Gasteiger partial charge in [-0.25, -0.2) is 4.79 Å². The fourth-order valence-corrected chi connectivity index (χ4v) is 3.39. The van der Waals surface area contributed by atoms with E-state index in [9.17, 15) is 9.90 Å². The molecule has 1 saturated carbocycles. The van der Waals surface area contributed by atoms with Gasteiger partial charge in [0.05, 0.1) is 6.10 Å². The van der Waals surface area contributed by atoms with E-state index in [1.165, 1.54) is 25.7 Å². The third kappa shape index (κ3) is 3.85. The molecule has 0 aromatic carbocycles. The van der Waals surface area contributed by atoms with Gasteiger partial charge in [0.1, 0.15) is 0 Å². The molecule has 1 heterocycles. The van der Waals surface area contributed by atoms with Crippen LogP contribution < -0.4 is 5.32 Å². The third-order valence-electron chi connectivity index (χ3n) is 4.99. The lowest BCUT2D eigenvalue weighted by atomic mass is 9.89. The van der Waals surface area contributed by atoms with Crippen molar-refractivity contribution in [3.63, 3.8) is 0 Å². The van der Waals surface area contributed by atoms with Crippen LogP contribution in [0.25, 0.3) is 0 Å². The maximum Gasteiger partial charge on any atom is 0.317 e. The Morgan fingerprint density at radius 3 is 2.47 bits per heavy atom. The second kappa shape index (κ2) is 6.12. The number of urea groups is 1. The van der Waals surface area contributed by atoms with Crippen LogP contribution in [0, 0.1) is 11.3 Å². The number of aliphatic hydroxyl groups is 1. The lowest BCUT2D eigenvalue weighted by Crippen LogP contribution is -2.47. The molecule has 0 bridgehead atoms. The first kappa shape index (κ1) is 14.6. The summed E-state index contributed by atoms with van der Waals surface area (Å²) in [5.74, 6) is 0.358. The predicted molar refractivity (Wildman–Crippen MR) is 76.0 cm³/mol. The van der Waals surface area contributed by atoms with Crippen molar-refractivity contribution in [3.05, 3.63) is 0 Å². The normalized spacial score (nSPS) is 25.3. The van der Waals surface area contributed by atoms with Crippen molar-refractivity contribution < 1.29 is 9.90 Å². The average molecular weight is 268 g/mol. The molecular weight excluding hydrogens is 240 g/mol. The molecular formula is C15H28N2O2. The average Bonchev–Trinajstić information content (AvgIpc) is 2.83. The summed E-state index contributed by atoms with van der Waals surface area (Å²) < 4.78 is 0. The van der Waals surface area contributed by atoms with E-state index >= 15 is 0 Å². The van der Waals surface area contributed by atoms with Crippen molar-refractivity contribution in [1.29, 1.82) is 0 Å². The van der Waals surface area contributed by atoms with Crippen LogP contribution in [0.4, 0.5) is 4.79 Å². The fraction of sp³-hybridized carbons (Fsp3) is 0.933. The van der Waals surface area contributed by atoms with Gasteiger partial charge < -0.3 is 15.3 Å². The number of nitrogens with one attached hydrogen (secondary N) is 1. The van der Waals surface area contributed by atoms with E-state index in [0.717, 1.165) is 32.5 Å².